The van der Waals surface area contributed by atoms with Gasteiger partial charge in [-0.15, -0.1) is 0 Å². The average molecular weight is 339 g/mol. The van der Waals surface area contributed by atoms with E-state index in [2.05, 4.69) is 16.5 Å². The molecule has 1 aromatic carbocycles. The van der Waals surface area contributed by atoms with Gasteiger partial charge in [-0.3, -0.25) is 4.79 Å². The molecule has 0 saturated carbocycles. The molecule has 1 N–H and O–H groups in total. The molecule has 128 valence electrons. The zero-order valence-electron chi connectivity index (χ0n) is 13.9. The summed E-state index contributed by atoms with van der Waals surface area (Å²) in [6.07, 6.45) is 0. The van der Waals surface area contributed by atoms with Crippen molar-refractivity contribution in [2.24, 2.45) is 0 Å². The number of nitrogens with one attached hydrogen (secondary N) is 1. The maximum atomic E-state index is 12.4. The molecule has 1 aromatic rings. The summed E-state index contributed by atoms with van der Waals surface area (Å²) in [5.74, 6) is -0.170. The maximum absolute atomic E-state index is 12.4. The Bertz CT molecular complexity index is 635. The molecule has 1 amide bonds. The van der Waals surface area contributed by atoms with Crippen molar-refractivity contribution in [3.63, 3.8) is 0 Å². The van der Waals surface area contributed by atoms with Gasteiger partial charge in [0, 0.05) is 26.2 Å². The van der Waals surface area contributed by atoms with E-state index >= 15 is 0 Å². The number of hydrogen-bond donors (Lipinski definition) is 1. The van der Waals surface area contributed by atoms with Crippen LogP contribution in [0, 0.1) is 6.92 Å². The van der Waals surface area contributed by atoms with Gasteiger partial charge in [0.1, 0.15) is 0 Å². The molecule has 23 heavy (non-hydrogen) atoms. The maximum Gasteiger partial charge on any atom is 0.241 e. The van der Waals surface area contributed by atoms with E-state index < -0.39 is 16.1 Å². The highest BCUT2D eigenvalue weighted by Crippen LogP contribution is 2.11. The van der Waals surface area contributed by atoms with Gasteiger partial charge in [-0.05, 0) is 32.5 Å². The fourth-order valence-electron chi connectivity index (χ4n) is 2.63. The molecule has 1 heterocycles. The molecule has 7 heteroatoms. The molecule has 6 nitrogen and oxygen atoms in total. The molecule has 0 radical (unpaired) electrons. The molecule has 1 atom stereocenters. The second-order valence-electron chi connectivity index (χ2n) is 5.92. The molecule has 1 saturated heterocycles. The van der Waals surface area contributed by atoms with Crippen LogP contribution in [0.15, 0.2) is 29.2 Å². The SMILES string of the molecule is CCN1CCN(C(=O)[C@@H](C)NS(=O)(=O)c2ccc(C)cc2)CC1. The third kappa shape index (κ3) is 4.53. The van der Waals surface area contributed by atoms with Crippen LogP contribution in [0.1, 0.15) is 19.4 Å². The second-order valence-corrected chi connectivity index (χ2v) is 7.63. The Morgan fingerprint density at radius 2 is 1.74 bits per heavy atom. The summed E-state index contributed by atoms with van der Waals surface area (Å²) in [5, 5.41) is 0. The lowest BCUT2D eigenvalue weighted by molar-refractivity contribution is -0.134. The second kappa shape index (κ2) is 7.42. The van der Waals surface area contributed by atoms with Gasteiger partial charge in [-0.1, -0.05) is 24.6 Å². The number of piperazine rings is 1. The summed E-state index contributed by atoms with van der Waals surface area (Å²) < 4.78 is 27.2. The molecule has 0 spiro atoms. The van der Waals surface area contributed by atoms with Gasteiger partial charge in [0.15, 0.2) is 0 Å². The minimum Gasteiger partial charge on any atom is -0.339 e. The van der Waals surface area contributed by atoms with Crippen molar-refractivity contribution in [1.82, 2.24) is 14.5 Å². The van der Waals surface area contributed by atoms with Crippen molar-refractivity contribution in [2.75, 3.05) is 32.7 Å². The molecule has 0 bridgehead atoms. The highest BCUT2D eigenvalue weighted by Gasteiger charge is 2.27. The zero-order valence-corrected chi connectivity index (χ0v) is 14.8. The van der Waals surface area contributed by atoms with Gasteiger partial charge < -0.3 is 9.80 Å². The summed E-state index contributed by atoms with van der Waals surface area (Å²) in [4.78, 5) is 16.6. The summed E-state index contributed by atoms with van der Waals surface area (Å²) in [6.45, 7) is 9.51. The number of sulfonamides is 1. The number of benzene rings is 1. The van der Waals surface area contributed by atoms with Crippen LogP contribution in [0.25, 0.3) is 0 Å². The van der Waals surface area contributed by atoms with Crippen molar-refractivity contribution in [2.45, 2.75) is 31.7 Å². The Labute approximate surface area is 138 Å². The van der Waals surface area contributed by atoms with Crippen molar-refractivity contribution in [3.05, 3.63) is 29.8 Å². The van der Waals surface area contributed by atoms with E-state index in [0.717, 1.165) is 25.2 Å². The smallest absolute Gasteiger partial charge is 0.241 e. The Hall–Kier alpha value is -1.44. The van der Waals surface area contributed by atoms with E-state index in [1.165, 1.54) is 0 Å². The van der Waals surface area contributed by atoms with Gasteiger partial charge >= 0.3 is 0 Å². The minimum atomic E-state index is -3.68. The minimum absolute atomic E-state index is 0.170. The predicted octanol–water partition coefficient (Wildman–Crippen LogP) is 0.826. The first-order chi connectivity index (χ1) is 10.8. The number of carbonyl (C=O) groups is 1. The molecule has 2 rings (SSSR count). The van der Waals surface area contributed by atoms with E-state index in [0.29, 0.717) is 13.1 Å². The largest absolute Gasteiger partial charge is 0.339 e. The van der Waals surface area contributed by atoms with Crippen LogP contribution in [0.2, 0.25) is 0 Å². The van der Waals surface area contributed by atoms with Gasteiger partial charge in [0.25, 0.3) is 0 Å². The molecule has 0 aromatic heterocycles. The van der Waals surface area contributed by atoms with Gasteiger partial charge in [-0.25, -0.2) is 8.42 Å². The van der Waals surface area contributed by atoms with E-state index in [1.807, 2.05) is 6.92 Å². The molecule has 1 aliphatic rings. The number of likely N-dealkylation sites (N-methyl/N-ethyl adjacent to an activating group) is 1. The fourth-order valence-corrected chi connectivity index (χ4v) is 3.82. The standard InChI is InChI=1S/C16H25N3O3S/c1-4-18-9-11-19(12-10-18)16(20)14(3)17-23(21,22)15-7-5-13(2)6-8-15/h5-8,14,17H,4,9-12H2,1-3H3/t14-/m1/s1. The summed E-state index contributed by atoms with van der Waals surface area (Å²) in [5.41, 5.74) is 0.988. The third-order valence-electron chi connectivity index (χ3n) is 4.16. The zero-order chi connectivity index (χ0) is 17.0. The van der Waals surface area contributed by atoms with Gasteiger partial charge in [-0.2, -0.15) is 4.72 Å². The molecule has 0 aliphatic carbocycles. The fraction of sp³-hybridized carbons (Fsp3) is 0.562. The van der Waals surface area contributed by atoms with E-state index in [4.69, 9.17) is 0 Å². The Balaban J connectivity index is 1.99. The van der Waals surface area contributed by atoms with Crippen molar-refractivity contribution in [3.8, 4) is 0 Å². The van der Waals surface area contributed by atoms with Crippen molar-refractivity contribution < 1.29 is 13.2 Å². The van der Waals surface area contributed by atoms with Crippen LogP contribution in [-0.2, 0) is 14.8 Å². The quantitative estimate of drug-likeness (QED) is 0.862. The summed E-state index contributed by atoms with van der Waals surface area (Å²) in [6, 6.07) is 5.81. The number of amides is 1. The number of aryl methyl sites for hydroxylation is 1. The highest BCUT2D eigenvalue weighted by atomic mass is 32.2. The molecular formula is C16H25N3O3S. The van der Waals surface area contributed by atoms with Crippen LogP contribution < -0.4 is 4.72 Å². The number of carbonyl (C=O) groups excluding carboxylic acids is 1. The van der Waals surface area contributed by atoms with Crippen molar-refractivity contribution >= 4 is 15.9 Å². The normalized spacial score (nSPS) is 18.0. The Morgan fingerprint density at radius 1 is 1.17 bits per heavy atom. The topological polar surface area (TPSA) is 69.7 Å². The highest BCUT2D eigenvalue weighted by molar-refractivity contribution is 7.89. The monoisotopic (exact) mass is 339 g/mol. The number of nitrogens with zero attached hydrogens (tertiary/aromatic N) is 2. The summed E-state index contributed by atoms with van der Waals surface area (Å²) in [7, 11) is -3.68. The predicted molar refractivity (Wildman–Crippen MR) is 89.7 cm³/mol. The Kier molecular flexibility index (Phi) is 5.78. The molecule has 0 unspecified atom stereocenters. The van der Waals surface area contributed by atoms with Crippen LogP contribution in [0.5, 0.6) is 0 Å². The number of rotatable bonds is 5. The third-order valence-corrected chi connectivity index (χ3v) is 5.72. The van der Waals surface area contributed by atoms with Crippen molar-refractivity contribution in [1.29, 1.82) is 0 Å². The van der Waals surface area contributed by atoms with E-state index in [9.17, 15) is 13.2 Å². The first-order valence-corrected chi connectivity index (χ1v) is 9.42. The average Bonchev–Trinajstić information content (AvgIpc) is 2.54. The number of hydrogen-bond acceptors (Lipinski definition) is 4. The molecule has 1 aliphatic heterocycles. The molecule has 1 fully saturated rings. The van der Waals surface area contributed by atoms with Crippen LogP contribution >= 0.6 is 0 Å². The van der Waals surface area contributed by atoms with Crippen LogP contribution in [-0.4, -0.2) is 62.9 Å². The lowest BCUT2D eigenvalue weighted by Crippen LogP contribution is -2.54. The van der Waals surface area contributed by atoms with Gasteiger partial charge in [0.2, 0.25) is 15.9 Å². The lowest BCUT2D eigenvalue weighted by Gasteiger charge is -2.35. The lowest BCUT2D eigenvalue weighted by atomic mass is 10.2. The first-order valence-electron chi connectivity index (χ1n) is 7.93. The van der Waals surface area contributed by atoms with E-state index in [1.54, 1.807) is 36.1 Å². The van der Waals surface area contributed by atoms with Crippen LogP contribution in [0.3, 0.4) is 0 Å². The first kappa shape index (κ1) is 17.9. The molecular weight excluding hydrogens is 314 g/mol. The van der Waals surface area contributed by atoms with Gasteiger partial charge in [0.05, 0.1) is 10.9 Å². The Morgan fingerprint density at radius 3 is 2.26 bits per heavy atom. The van der Waals surface area contributed by atoms with E-state index in [-0.39, 0.29) is 10.8 Å². The summed E-state index contributed by atoms with van der Waals surface area (Å²) >= 11 is 0. The van der Waals surface area contributed by atoms with Crippen LogP contribution in [0.4, 0.5) is 0 Å².